The predicted octanol–water partition coefficient (Wildman–Crippen LogP) is 1.99. The van der Waals surface area contributed by atoms with Crippen LogP contribution in [-0.2, 0) is 6.18 Å². The molecule has 2 aromatic rings. The van der Waals surface area contributed by atoms with Crippen LogP contribution in [0.5, 0.6) is 0 Å². The van der Waals surface area contributed by atoms with Gasteiger partial charge in [-0.2, -0.15) is 23.4 Å². The lowest BCUT2D eigenvalue weighted by Crippen LogP contribution is -2.10. The fourth-order valence-electron chi connectivity index (χ4n) is 1.18. The molecular formula is C9H7F3N4. The van der Waals surface area contributed by atoms with Crippen molar-refractivity contribution in [3.63, 3.8) is 0 Å². The zero-order valence-electron chi connectivity index (χ0n) is 8.23. The molecule has 2 rings (SSSR count). The Kier molecular flexibility index (Phi) is 2.37. The fourth-order valence-corrected chi connectivity index (χ4v) is 1.18. The molecule has 0 aliphatic rings. The fraction of sp³-hybridized carbons (Fsp3) is 0.222. The lowest BCUT2D eigenvalue weighted by Gasteiger charge is -2.06. The third-order valence-corrected chi connectivity index (χ3v) is 1.92. The number of hydrogen-bond donors (Lipinski definition) is 0. The van der Waals surface area contributed by atoms with Gasteiger partial charge in [-0.15, -0.1) is 5.10 Å². The largest absolute Gasteiger partial charge is 0.435 e. The average molecular weight is 228 g/mol. The van der Waals surface area contributed by atoms with Crippen molar-refractivity contribution in [3.8, 4) is 5.69 Å². The van der Waals surface area contributed by atoms with Gasteiger partial charge in [-0.3, -0.25) is 0 Å². The van der Waals surface area contributed by atoms with Crippen molar-refractivity contribution < 1.29 is 13.2 Å². The van der Waals surface area contributed by atoms with Crippen LogP contribution in [0.3, 0.4) is 0 Å². The molecule has 2 heterocycles. The van der Waals surface area contributed by atoms with Crippen molar-refractivity contribution in [2.75, 3.05) is 0 Å². The van der Waals surface area contributed by atoms with E-state index in [2.05, 4.69) is 15.3 Å². The Morgan fingerprint density at radius 1 is 1.31 bits per heavy atom. The maximum Gasteiger partial charge on any atom is 0.435 e. The second kappa shape index (κ2) is 3.58. The van der Waals surface area contributed by atoms with E-state index in [1.807, 2.05) is 0 Å². The maximum atomic E-state index is 12.4. The lowest BCUT2D eigenvalue weighted by molar-refractivity contribution is -0.141. The molecule has 0 atom stereocenters. The van der Waals surface area contributed by atoms with Gasteiger partial charge in [0.15, 0.2) is 5.69 Å². The molecule has 0 N–H and O–H groups in total. The summed E-state index contributed by atoms with van der Waals surface area (Å²) in [5.41, 5.74) is -0.0843. The van der Waals surface area contributed by atoms with Gasteiger partial charge in [-0.1, -0.05) is 0 Å². The molecule has 84 valence electrons. The van der Waals surface area contributed by atoms with Gasteiger partial charge in [0.25, 0.3) is 0 Å². The van der Waals surface area contributed by atoms with Crippen molar-refractivity contribution in [2.45, 2.75) is 13.1 Å². The predicted molar refractivity (Wildman–Crippen MR) is 48.9 cm³/mol. The third kappa shape index (κ3) is 2.02. The van der Waals surface area contributed by atoms with Crippen LogP contribution in [-0.4, -0.2) is 20.0 Å². The molecule has 0 saturated heterocycles. The van der Waals surface area contributed by atoms with Gasteiger partial charge in [-0.25, -0.2) is 4.68 Å². The maximum absolute atomic E-state index is 12.4. The zero-order valence-corrected chi connectivity index (χ0v) is 8.23. The summed E-state index contributed by atoms with van der Waals surface area (Å²) >= 11 is 0. The number of aromatic nitrogens is 4. The molecule has 0 bridgehead atoms. The van der Waals surface area contributed by atoms with Gasteiger partial charge in [-0.05, 0) is 19.1 Å². The number of rotatable bonds is 1. The highest BCUT2D eigenvalue weighted by Gasteiger charge is 2.33. The molecule has 7 heteroatoms. The number of halogens is 3. The Bertz CT molecular complexity index is 503. The first kappa shape index (κ1) is 10.6. The normalized spacial score (nSPS) is 11.8. The molecule has 0 unspecified atom stereocenters. The first-order valence-electron chi connectivity index (χ1n) is 4.39. The van der Waals surface area contributed by atoms with E-state index in [-0.39, 0.29) is 5.69 Å². The van der Waals surface area contributed by atoms with E-state index in [9.17, 15) is 13.2 Å². The Morgan fingerprint density at radius 3 is 2.62 bits per heavy atom. The standard InChI is InChI=1S/C9H7F3N4/c1-6-2-3-16(15-6)7-4-8(9(10,11)12)14-13-5-7/h2-5H,1H3. The quantitative estimate of drug-likeness (QED) is 0.749. The Morgan fingerprint density at radius 2 is 2.06 bits per heavy atom. The molecule has 0 amide bonds. The molecule has 0 aliphatic carbocycles. The van der Waals surface area contributed by atoms with Crippen LogP contribution < -0.4 is 0 Å². The Balaban J connectivity index is 2.44. The monoisotopic (exact) mass is 228 g/mol. The zero-order chi connectivity index (χ0) is 11.8. The minimum atomic E-state index is -4.49. The van der Waals surface area contributed by atoms with Gasteiger partial charge in [0.2, 0.25) is 0 Å². The summed E-state index contributed by atoms with van der Waals surface area (Å²) in [6.07, 6.45) is -1.71. The van der Waals surface area contributed by atoms with E-state index in [0.717, 1.165) is 6.07 Å². The van der Waals surface area contributed by atoms with Gasteiger partial charge in [0, 0.05) is 6.20 Å². The van der Waals surface area contributed by atoms with Crippen molar-refractivity contribution in [1.29, 1.82) is 0 Å². The lowest BCUT2D eigenvalue weighted by atomic mass is 10.3. The number of hydrogen-bond acceptors (Lipinski definition) is 3. The van der Waals surface area contributed by atoms with Crippen LogP contribution in [0.1, 0.15) is 11.4 Å². The first-order valence-corrected chi connectivity index (χ1v) is 4.39. The molecule has 0 saturated carbocycles. The second-order valence-electron chi connectivity index (χ2n) is 3.20. The summed E-state index contributed by atoms with van der Waals surface area (Å²) < 4.78 is 38.4. The number of nitrogens with zero attached hydrogens (tertiary/aromatic N) is 4. The molecule has 0 fully saturated rings. The van der Waals surface area contributed by atoms with Crippen LogP contribution >= 0.6 is 0 Å². The van der Waals surface area contributed by atoms with Crippen LogP contribution in [0.2, 0.25) is 0 Å². The number of alkyl halides is 3. The first-order chi connectivity index (χ1) is 7.47. The Hall–Kier alpha value is -1.92. The molecule has 4 nitrogen and oxygen atoms in total. The van der Waals surface area contributed by atoms with Crippen molar-refractivity contribution in [3.05, 3.63) is 35.9 Å². The van der Waals surface area contributed by atoms with Gasteiger partial charge >= 0.3 is 6.18 Å². The molecule has 0 spiro atoms. The highest BCUT2D eigenvalue weighted by atomic mass is 19.4. The minimum Gasteiger partial charge on any atom is -0.239 e. The average Bonchev–Trinajstić information content (AvgIpc) is 2.64. The van der Waals surface area contributed by atoms with E-state index in [1.165, 1.54) is 10.9 Å². The van der Waals surface area contributed by atoms with E-state index in [1.54, 1.807) is 19.2 Å². The highest BCUT2D eigenvalue weighted by molar-refractivity contribution is 5.29. The van der Waals surface area contributed by atoms with Crippen molar-refractivity contribution >= 4 is 0 Å². The summed E-state index contributed by atoms with van der Waals surface area (Å²) in [5.74, 6) is 0. The van der Waals surface area contributed by atoms with Crippen molar-refractivity contribution in [1.82, 2.24) is 20.0 Å². The minimum absolute atomic E-state index is 0.232. The molecule has 16 heavy (non-hydrogen) atoms. The van der Waals surface area contributed by atoms with E-state index >= 15 is 0 Å². The smallest absolute Gasteiger partial charge is 0.239 e. The second-order valence-corrected chi connectivity index (χ2v) is 3.20. The highest BCUT2D eigenvalue weighted by Crippen LogP contribution is 2.27. The number of aryl methyl sites for hydroxylation is 1. The van der Waals surface area contributed by atoms with Gasteiger partial charge in [0.05, 0.1) is 17.6 Å². The van der Waals surface area contributed by atoms with Crippen molar-refractivity contribution in [2.24, 2.45) is 0 Å². The van der Waals surface area contributed by atoms with Gasteiger partial charge < -0.3 is 0 Å². The molecule has 2 aromatic heterocycles. The van der Waals surface area contributed by atoms with Gasteiger partial charge in [0.1, 0.15) is 0 Å². The Labute approximate surface area is 88.7 Å². The summed E-state index contributed by atoms with van der Waals surface area (Å²) in [6, 6.07) is 2.59. The molecular weight excluding hydrogens is 221 g/mol. The molecule has 0 aliphatic heterocycles. The van der Waals surface area contributed by atoms with Crippen LogP contribution in [0, 0.1) is 6.92 Å². The van der Waals surface area contributed by atoms with E-state index < -0.39 is 11.9 Å². The van der Waals surface area contributed by atoms with Crippen LogP contribution in [0.25, 0.3) is 5.69 Å². The SMILES string of the molecule is Cc1ccn(-c2cnnc(C(F)(F)F)c2)n1. The third-order valence-electron chi connectivity index (χ3n) is 1.92. The summed E-state index contributed by atoms with van der Waals surface area (Å²) in [6.45, 7) is 1.75. The van der Waals surface area contributed by atoms with Crippen LogP contribution in [0.4, 0.5) is 13.2 Å². The molecule has 0 radical (unpaired) electrons. The van der Waals surface area contributed by atoms with Crippen LogP contribution in [0.15, 0.2) is 24.5 Å². The summed E-state index contributed by atoms with van der Waals surface area (Å²) in [5, 5.41) is 10.3. The summed E-state index contributed by atoms with van der Waals surface area (Å²) in [7, 11) is 0. The van der Waals surface area contributed by atoms with E-state index in [4.69, 9.17) is 0 Å². The topological polar surface area (TPSA) is 43.6 Å². The summed E-state index contributed by atoms with van der Waals surface area (Å²) in [4.78, 5) is 0. The molecule has 0 aromatic carbocycles. The van der Waals surface area contributed by atoms with E-state index in [0.29, 0.717) is 5.69 Å².